The zero-order valence-electron chi connectivity index (χ0n) is 14.8. The minimum Gasteiger partial charge on any atom is -0.485 e. The lowest BCUT2D eigenvalue weighted by atomic mass is 10.2. The number of carbonyl (C=O) groups excluding carboxylic acids is 1. The Hall–Kier alpha value is -2.53. The number of carbonyl (C=O) groups is 1. The summed E-state index contributed by atoms with van der Waals surface area (Å²) in [5.41, 5.74) is 1.96. The first-order valence-corrected chi connectivity index (χ1v) is 8.69. The van der Waals surface area contributed by atoms with Gasteiger partial charge in [0.05, 0.1) is 18.8 Å². The highest BCUT2D eigenvalue weighted by atomic mass is 16.5. The smallest absolute Gasteiger partial charge is 0.238 e. The van der Waals surface area contributed by atoms with E-state index in [1.807, 2.05) is 60.5 Å². The van der Waals surface area contributed by atoms with Crippen molar-refractivity contribution >= 4 is 17.3 Å². The Balaban J connectivity index is 1.54. The average molecular weight is 339 g/mol. The third-order valence-electron chi connectivity index (χ3n) is 4.29. The second-order valence-electron chi connectivity index (χ2n) is 6.36. The number of para-hydroxylation sites is 3. The van der Waals surface area contributed by atoms with Gasteiger partial charge in [-0.15, -0.1) is 0 Å². The normalized spacial score (nSPS) is 16.3. The molecule has 1 heterocycles. The standard InChI is InChI=1S/C20H25N3O2/c1-3-23-14-17(25-19-12-8-7-11-18(19)23)13-22(2)15-20(24)21-16-9-5-4-6-10-16/h4-12,17H,3,13-15H2,1-2H3,(H,21,24)/t17-/m1/s1. The average Bonchev–Trinajstić information content (AvgIpc) is 2.61. The molecule has 0 fully saturated rings. The van der Waals surface area contributed by atoms with Crippen molar-refractivity contribution in [2.45, 2.75) is 13.0 Å². The second kappa shape index (κ2) is 8.03. The first kappa shape index (κ1) is 17.3. The molecule has 0 radical (unpaired) electrons. The Bertz CT molecular complexity index is 705. The number of hydrogen-bond donors (Lipinski definition) is 1. The van der Waals surface area contributed by atoms with Crippen molar-refractivity contribution in [3.05, 3.63) is 54.6 Å². The van der Waals surface area contributed by atoms with Gasteiger partial charge >= 0.3 is 0 Å². The maximum atomic E-state index is 12.2. The van der Waals surface area contributed by atoms with Crippen LogP contribution in [0.5, 0.6) is 5.75 Å². The molecule has 0 aliphatic carbocycles. The monoisotopic (exact) mass is 339 g/mol. The number of benzene rings is 2. The molecule has 1 aliphatic heterocycles. The zero-order valence-corrected chi connectivity index (χ0v) is 14.8. The molecule has 0 saturated carbocycles. The largest absolute Gasteiger partial charge is 0.485 e. The maximum absolute atomic E-state index is 12.2. The van der Waals surface area contributed by atoms with Gasteiger partial charge in [0, 0.05) is 18.8 Å². The van der Waals surface area contributed by atoms with Gasteiger partial charge in [-0.2, -0.15) is 0 Å². The quantitative estimate of drug-likeness (QED) is 0.879. The minimum absolute atomic E-state index is 0.0164. The number of amides is 1. The summed E-state index contributed by atoms with van der Waals surface area (Å²) in [6.07, 6.45) is 0.0457. The Morgan fingerprint density at radius 1 is 1.20 bits per heavy atom. The second-order valence-corrected chi connectivity index (χ2v) is 6.36. The first-order valence-electron chi connectivity index (χ1n) is 8.69. The lowest BCUT2D eigenvalue weighted by molar-refractivity contribution is -0.117. The van der Waals surface area contributed by atoms with Gasteiger partial charge in [0.1, 0.15) is 11.9 Å². The number of nitrogens with zero attached hydrogens (tertiary/aromatic N) is 2. The number of fused-ring (bicyclic) bond motifs is 1. The summed E-state index contributed by atoms with van der Waals surface area (Å²) in [6, 6.07) is 17.6. The molecule has 1 amide bonds. The van der Waals surface area contributed by atoms with E-state index in [9.17, 15) is 4.79 Å². The van der Waals surface area contributed by atoms with Crippen molar-refractivity contribution in [3.63, 3.8) is 0 Å². The van der Waals surface area contributed by atoms with Crippen LogP contribution in [0.1, 0.15) is 6.92 Å². The van der Waals surface area contributed by atoms with Crippen molar-refractivity contribution in [1.82, 2.24) is 4.90 Å². The van der Waals surface area contributed by atoms with Gasteiger partial charge < -0.3 is 15.0 Å². The molecule has 1 atom stereocenters. The van der Waals surface area contributed by atoms with Crippen LogP contribution in [-0.4, -0.2) is 50.1 Å². The van der Waals surface area contributed by atoms with Gasteiger partial charge in [-0.1, -0.05) is 30.3 Å². The molecular weight excluding hydrogens is 314 g/mol. The van der Waals surface area contributed by atoms with E-state index in [0.29, 0.717) is 13.1 Å². The van der Waals surface area contributed by atoms with Crippen LogP contribution >= 0.6 is 0 Å². The third kappa shape index (κ3) is 4.51. The summed E-state index contributed by atoms with van der Waals surface area (Å²) in [6.45, 7) is 4.96. The number of likely N-dealkylation sites (N-methyl/N-ethyl adjacent to an activating group) is 2. The van der Waals surface area contributed by atoms with E-state index in [1.54, 1.807) is 0 Å². The lowest BCUT2D eigenvalue weighted by Crippen LogP contribution is -2.46. The molecule has 132 valence electrons. The topological polar surface area (TPSA) is 44.8 Å². The lowest BCUT2D eigenvalue weighted by Gasteiger charge is -2.37. The molecule has 2 aromatic rings. The molecule has 2 aromatic carbocycles. The summed E-state index contributed by atoms with van der Waals surface area (Å²) in [5, 5.41) is 2.91. The minimum atomic E-state index is -0.0164. The van der Waals surface area contributed by atoms with Gasteiger partial charge in [0.25, 0.3) is 0 Å². The van der Waals surface area contributed by atoms with Gasteiger partial charge in [-0.25, -0.2) is 0 Å². The van der Waals surface area contributed by atoms with Crippen LogP contribution in [0.3, 0.4) is 0 Å². The van der Waals surface area contributed by atoms with Crippen molar-refractivity contribution in [1.29, 1.82) is 0 Å². The van der Waals surface area contributed by atoms with Gasteiger partial charge in [-0.05, 0) is 38.2 Å². The Kier molecular flexibility index (Phi) is 5.56. The molecule has 5 heteroatoms. The third-order valence-corrected chi connectivity index (χ3v) is 4.29. The zero-order chi connectivity index (χ0) is 17.6. The summed E-state index contributed by atoms with van der Waals surface area (Å²) >= 11 is 0. The van der Waals surface area contributed by atoms with Crippen LogP contribution in [0, 0.1) is 0 Å². The molecule has 25 heavy (non-hydrogen) atoms. The summed E-state index contributed by atoms with van der Waals surface area (Å²) in [7, 11) is 1.95. The van der Waals surface area contributed by atoms with E-state index >= 15 is 0 Å². The molecule has 0 spiro atoms. The van der Waals surface area contributed by atoms with Crippen LogP contribution in [-0.2, 0) is 4.79 Å². The van der Waals surface area contributed by atoms with Crippen LogP contribution < -0.4 is 15.0 Å². The number of hydrogen-bond acceptors (Lipinski definition) is 4. The number of anilines is 2. The van der Waals surface area contributed by atoms with Crippen LogP contribution in [0.4, 0.5) is 11.4 Å². The van der Waals surface area contributed by atoms with E-state index in [-0.39, 0.29) is 12.0 Å². The molecule has 0 bridgehead atoms. The summed E-state index contributed by atoms with van der Waals surface area (Å²) in [4.78, 5) is 16.5. The van der Waals surface area contributed by atoms with Gasteiger partial charge in [0.15, 0.2) is 0 Å². The Labute approximate surface area is 149 Å². The van der Waals surface area contributed by atoms with Crippen LogP contribution in [0.15, 0.2) is 54.6 Å². The summed E-state index contributed by atoms with van der Waals surface area (Å²) in [5.74, 6) is 0.903. The fraction of sp³-hybridized carbons (Fsp3) is 0.350. The SMILES string of the molecule is CCN1C[C@@H](CN(C)CC(=O)Nc2ccccc2)Oc2ccccc21. The van der Waals surface area contributed by atoms with Gasteiger partial charge in [0.2, 0.25) is 5.91 Å². The predicted octanol–water partition coefficient (Wildman–Crippen LogP) is 2.84. The fourth-order valence-electron chi connectivity index (χ4n) is 3.15. The van der Waals surface area contributed by atoms with Crippen molar-refractivity contribution in [2.24, 2.45) is 0 Å². The van der Waals surface area contributed by atoms with Crippen molar-refractivity contribution in [2.75, 3.05) is 43.4 Å². The van der Waals surface area contributed by atoms with Crippen LogP contribution in [0.2, 0.25) is 0 Å². The predicted molar refractivity (Wildman–Crippen MR) is 101 cm³/mol. The molecular formula is C20H25N3O2. The first-order chi connectivity index (χ1) is 12.2. The van der Waals surface area contributed by atoms with E-state index in [0.717, 1.165) is 30.2 Å². The molecule has 0 unspecified atom stereocenters. The highest BCUT2D eigenvalue weighted by molar-refractivity contribution is 5.92. The van der Waals surface area contributed by atoms with Crippen LogP contribution in [0.25, 0.3) is 0 Å². The highest BCUT2D eigenvalue weighted by Gasteiger charge is 2.25. The number of ether oxygens (including phenoxy) is 1. The van der Waals surface area contributed by atoms with Crippen molar-refractivity contribution in [3.8, 4) is 5.75 Å². The number of rotatable bonds is 6. The molecule has 0 saturated heterocycles. The summed E-state index contributed by atoms with van der Waals surface area (Å²) < 4.78 is 6.12. The van der Waals surface area contributed by atoms with E-state index in [4.69, 9.17) is 4.74 Å². The van der Waals surface area contributed by atoms with Gasteiger partial charge in [-0.3, -0.25) is 9.69 Å². The molecule has 0 aromatic heterocycles. The molecule has 3 rings (SSSR count). The van der Waals surface area contributed by atoms with E-state index < -0.39 is 0 Å². The highest BCUT2D eigenvalue weighted by Crippen LogP contribution is 2.32. The van der Waals surface area contributed by atoms with E-state index in [1.165, 1.54) is 0 Å². The molecule has 1 aliphatic rings. The fourth-order valence-corrected chi connectivity index (χ4v) is 3.15. The van der Waals surface area contributed by atoms with E-state index in [2.05, 4.69) is 23.2 Å². The number of nitrogens with one attached hydrogen (secondary N) is 1. The Morgan fingerprint density at radius 2 is 1.92 bits per heavy atom. The van der Waals surface area contributed by atoms with Crippen molar-refractivity contribution < 1.29 is 9.53 Å². The molecule has 1 N–H and O–H groups in total. The molecule has 5 nitrogen and oxygen atoms in total. The maximum Gasteiger partial charge on any atom is 0.238 e. The Morgan fingerprint density at radius 3 is 2.68 bits per heavy atom.